The summed E-state index contributed by atoms with van der Waals surface area (Å²) in [6, 6.07) is 0.252. The molecule has 7 nitrogen and oxygen atoms in total. The molecule has 31 heavy (non-hydrogen) atoms. The molecule has 0 aromatic heterocycles. The summed E-state index contributed by atoms with van der Waals surface area (Å²) >= 11 is 0. The number of likely N-dealkylation sites (tertiary alicyclic amines) is 1. The average Bonchev–Trinajstić information content (AvgIpc) is 3.53. The van der Waals surface area contributed by atoms with E-state index in [1.807, 2.05) is 32.7 Å². The van der Waals surface area contributed by atoms with Crippen molar-refractivity contribution < 1.29 is 14.3 Å². The lowest BCUT2D eigenvalue weighted by Crippen LogP contribution is -2.52. The second-order valence-electron chi connectivity index (χ2n) is 9.71. The van der Waals surface area contributed by atoms with Gasteiger partial charge in [-0.25, -0.2) is 4.79 Å². The predicted molar refractivity (Wildman–Crippen MR) is 135 cm³/mol. The minimum atomic E-state index is -0.453. The van der Waals surface area contributed by atoms with Crippen molar-refractivity contribution in [2.45, 2.75) is 70.9 Å². The Labute approximate surface area is 205 Å². The van der Waals surface area contributed by atoms with Gasteiger partial charge in [-0.05, 0) is 65.2 Å². The van der Waals surface area contributed by atoms with Crippen molar-refractivity contribution in [3.05, 3.63) is 11.6 Å². The second kappa shape index (κ2) is 12.3. The molecule has 0 spiro atoms. The first kappa shape index (κ1) is 26.2. The van der Waals surface area contributed by atoms with Crippen molar-refractivity contribution >= 4 is 36.0 Å². The number of halogens is 1. The van der Waals surface area contributed by atoms with Crippen molar-refractivity contribution in [3.63, 3.8) is 0 Å². The molecule has 2 heterocycles. The summed E-state index contributed by atoms with van der Waals surface area (Å²) in [5.74, 6) is 1.62. The molecule has 0 aromatic rings. The SMILES string of the molecule is CN=C(NCCC1=CCOCC1)N1CCC(N(CC2CC2)C(=O)OC(C)(C)C)CC1.I. The molecule has 0 atom stereocenters. The van der Waals surface area contributed by atoms with Crippen LogP contribution in [0.1, 0.15) is 59.3 Å². The fraction of sp³-hybridized carbons (Fsp3) is 0.826. The smallest absolute Gasteiger partial charge is 0.410 e. The number of aliphatic imine (C=N–C) groups is 1. The summed E-state index contributed by atoms with van der Waals surface area (Å²) in [4.78, 5) is 21.6. The van der Waals surface area contributed by atoms with Crippen LogP contribution in [0.2, 0.25) is 0 Å². The van der Waals surface area contributed by atoms with Crippen LogP contribution >= 0.6 is 24.0 Å². The van der Waals surface area contributed by atoms with Crippen LogP contribution in [0.15, 0.2) is 16.6 Å². The highest BCUT2D eigenvalue weighted by Crippen LogP contribution is 2.32. The van der Waals surface area contributed by atoms with Gasteiger partial charge >= 0.3 is 6.09 Å². The highest BCUT2D eigenvalue weighted by molar-refractivity contribution is 14.0. The molecule has 1 aliphatic carbocycles. The normalized spacial score (nSPS) is 20.6. The van der Waals surface area contributed by atoms with E-state index in [2.05, 4.69) is 21.3 Å². The van der Waals surface area contributed by atoms with E-state index in [1.54, 1.807) is 0 Å². The van der Waals surface area contributed by atoms with E-state index in [0.717, 1.165) is 71.0 Å². The Morgan fingerprint density at radius 3 is 2.55 bits per heavy atom. The summed E-state index contributed by atoms with van der Waals surface area (Å²) < 4.78 is 11.1. The minimum Gasteiger partial charge on any atom is -0.444 e. The number of piperidine rings is 1. The third kappa shape index (κ3) is 8.79. The van der Waals surface area contributed by atoms with E-state index in [0.29, 0.717) is 5.92 Å². The first-order valence-electron chi connectivity index (χ1n) is 11.6. The topological polar surface area (TPSA) is 66.4 Å². The van der Waals surface area contributed by atoms with Gasteiger partial charge in [0.05, 0.1) is 13.2 Å². The summed E-state index contributed by atoms with van der Waals surface area (Å²) in [5, 5.41) is 3.52. The lowest BCUT2D eigenvalue weighted by Gasteiger charge is -2.40. The molecule has 1 saturated heterocycles. The number of ether oxygens (including phenoxy) is 2. The standard InChI is InChI=1S/C23H40N4O3.HI/c1-23(2,3)30-22(28)27(17-19-5-6-19)20-8-13-26(14-9-20)21(24-4)25-12-7-18-10-15-29-16-11-18;/h10,19-20H,5-9,11-17H2,1-4H3,(H,24,25);1H. The van der Waals surface area contributed by atoms with Gasteiger partial charge in [-0.3, -0.25) is 4.99 Å². The van der Waals surface area contributed by atoms with E-state index >= 15 is 0 Å². The molecule has 0 radical (unpaired) electrons. The monoisotopic (exact) mass is 548 g/mol. The molecule has 8 heteroatoms. The van der Waals surface area contributed by atoms with Crippen molar-refractivity contribution in [3.8, 4) is 0 Å². The largest absolute Gasteiger partial charge is 0.444 e. The zero-order valence-electron chi connectivity index (χ0n) is 19.7. The zero-order valence-corrected chi connectivity index (χ0v) is 22.0. The maximum atomic E-state index is 12.8. The summed E-state index contributed by atoms with van der Waals surface area (Å²) in [6.45, 7) is 10.9. The number of rotatable bonds is 6. The highest BCUT2D eigenvalue weighted by Gasteiger charge is 2.35. The van der Waals surface area contributed by atoms with Crippen LogP contribution in [0.5, 0.6) is 0 Å². The van der Waals surface area contributed by atoms with E-state index in [1.165, 1.54) is 18.4 Å². The number of hydrogen-bond donors (Lipinski definition) is 1. The second-order valence-corrected chi connectivity index (χ2v) is 9.71. The Hall–Kier alpha value is -1.03. The van der Waals surface area contributed by atoms with Gasteiger partial charge in [0.2, 0.25) is 0 Å². The Morgan fingerprint density at radius 2 is 2.00 bits per heavy atom. The summed E-state index contributed by atoms with van der Waals surface area (Å²) in [6.07, 6.45) is 8.49. The number of amides is 1. The molecule has 1 amide bonds. The van der Waals surface area contributed by atoms with Gasteiger partial charge in [-0.15, -0.1) is 24.0 Å². The quantitative estimate of drug-likeness (QED) is 0.235. The van der Waals surface area contributed by atoms with Crippen molar-refractivity contribution in [2.24, 2.45) is 10.9 Å². The van der Waals surface area contributed by atoms with Crippen molar-refractivity contribution in [1.82, 2.24) is 15.1 Å². The highest BCUT2D eigenvalue weighted by atomic mass is 127. The van der Waals surface area contributed by atoms with Crippen LogP contribution in [0.4, 0.5) is 4.79 Å². The molecule has 3 aliphatic rings. The average molecular weight is 549 g/mol. The molecule has 2 aliphatic heterocycles. The van der Waals surface area contributed by atoms with Crippen LogP contribution in [0.25, 0.3) is 0 Å². The Bertz CT molecular complexity index is 635. The molecule has 1 saturated carbocycles. The first-order valence-corrected chi connectivity index (χ1v) is 11.6. The number of guanidine groups is 1. The number of nitrogens with one attached hydrogen (secondary N) is 1. The fourth-order valence-electron chi connectivity index (χ4n) is 4.12. The molecule has 0 unspecified atom stereocenters. The van der Waals surface area contributed by atoms with E-state index in [4.69, 9.17) is 9.47 Å². The number of carbonyl (C=O) groups is 1. The van der Waals surface area contributed by atoms with Crippen LogP contribution in [0, 0.1) is 5.92 Å². The number of hydrogen-bond acceptors (Lipinski definition) is 4. The Morgan fingerprint density at radius 1 is 1.29 bits per heavy atom. The lowest BCUT2D eigenvalue weighted by atomic mass is 10.0. The number of nitrogens with zero attached hydrogens (tertiary/aromatic N) is 3. The molecule has 178 valence electrons. The molecule has 0 bridgehead atoms. The lowest BCUT2D eigenvalue weighted by molar-refractivity contribution is 0.00928. The number of carbonyl (C=O) groups excluding carboxylic acids is 1. The third-order valence-corrected chi connectivity index (χ3v) is 5.98. The molecular formula is C23H41IN4O3. The first-order chi connectivity index (χ1) is 14.4. The van der Waals surface area contributed by atoms with E-state index in [-0.39, 0.29) is 36.1 Å². The summed E-state index contributed by atoms with van der Waals surface area (Å²) in [5.41, 5.74) is 1.02. The Balaban J connectivity index is 0.00000341. The predicted octanol–water partition coefficient (Wildman–Crippen LogP) is 4.03. The molecule has 1 N–H and O–H groups in total. The fourth-order valence-corrected chi connectivity index (χ4v) is 4.12. The van der Waals surface area contributed by atoms with Gasteiger partial charge in [-0.1, -0.05) is 11.6 Å². The van der Waals surface area contributed by atoms with Gasteiger partial charge in [0, 0.05) is 39.3 Å². The van der Waals surface area contributed by atoms with Gasteiger partial charge in [-0.2, -0.15) is 0 Å². The van der Waals surface area contributed by atoms with Gasteiger partial charge in [0.1, 0.15) is 5.60 Å². The maximum Gasteiger partial charge on any atom is 0.410 e. The maximum absolute atomic E-state index is 12.8. The van der Waals surface area contributed by atoms with Crippen molar-refractivity contribution in [1.29, 1.82) is 0 Å². The van der Waals surface area contributed by atoms with E-state index < -0.39 is 5.60 Å². The summed E-state index contributed by atoms with van der Waals surface area (Å²) in [7, 11) is 1.85. The molecule has 2 fully saturated rings. The van der Waals surface area contributed by atoms with Gasteiger partial charge in [0.25, 0.3) is 0 Å². The van der Waals surface area contributed by atoms with Gasteiger partial charge < -0.3 is 24.6 Å². The molecule has 0 aromatic carbocycles. The van der Waals surface area contributed by atoms with Crippen molar-refractivity contribution in [2.75, 3.05) is 46.4 Å². The van der Waals surface area contributed by atoms with Gasteiger partial charge in [0.15, 0.2) is 5.96 Å². The molecular weight excluding hydrogens is 507 g/mol. The van der Waals surface area contributed by atoms with Crippen LogP contribution in [-0.2, 0) is 9.47 Å². The zero-order chi connectivity index (χ0) is 21.6. The van der Waals surface area contributed by atoms with Crippen LogP contribution in [0.3, 0.4) is 0 Å². The third-order valence-electron chi connectivity index (χ3n) is 5.98. The molecule has 3 rings (SSSR count). The van der Waals surface area contributed by atoms with E-state index in [9.17, 15) is 4.79 Å². The van der Waals surface area contributed by atoms with Crippen LogP contribution in [-0.4, -0.2) is 79.9 Å². The van der Waals surface area contributed by atoms with Crippen LogP contribution < -0.4 is 5.32 Å². The minimum absolute atomic E-state index is 0. The Kier molecular flexibility index (Phi) is 10.4.